The number of benzene rings is 1. The molecule has 2 rings (SSSR count). The molecule has 1 aliphatic heterocycles. The summed E-state index contributed by atoms with van der Waals surface area (Å²) in [6.45, 7) is 3.48. The third-order valence-corrected chi connectivity index (χ3v) is 3.14. The Morgan fingerprint density at radius 3 is 2.44 bits per heavy atom. The van der Waals surface area contributed by atoms with E-state index in [0.29, 0.717) is 11.5 Å². The molecule has 4 heteroatoms. The third kappa shape index (κ3) is 2.75. The highest BCUT2D eigenvalue weighted by atomic mass is 16.5. The van der Waals surface area contributed by atoms with Crippen LogP contribution in [0.25, 0.3) is 0 Å². The minimum Gasteiger partial charge on any atom is -0.493 e. The summed E-state index contributed by atoms with van der Waals surface area (Å²) in [4.78, 5) is 14.0. The summed E-state index contributed by atoms with van der Waals surface area (Å²) in [5, 5.41) is 0. The standard InChI is InChI=1S/C14H19NO3/c1-11(14(16)15-9-5-6-10-15)18-13-8-4-3-7-12(13)17-2/h3-4,7-8,11H,5-6,9-10H2,1-2H3/t11-/m1/s1. The lowest BCUT2D eigenvalue weighted by atomic mass is 10.3. The Morgan fingerprint density at radius 2 is 1.83 bits per heavy atom. The molecule has 0 N–H and O–H groups in total. The van der Waals surface area contributed by atoms with Gasteiger partial charge in [-0.2, -0.15) is 0 Å². The van der Waals surface area contributed by atoms with Crippen molar-refractivity contribution in [2.45, 2.75) is 25.9 Å². The van der Waals surface area contributed by atoms with Crippen LogP contribution in [0.15, 0.2) is 24.3 Å². The predicted molar refractivity (Wildman–Crippen MR) is 68.9 cm³/mol. The largest absolute Gasteiger partial charge is 0.493 e. The highest BCUT2D eigenvalue weighted by molar-refractivity contribution is 5.81. The number of methoxy groups -OCH3 is 1. The van der Waals surface area contributed by atoms with Crippen LogP contribution in [-0.4, -0.2) is 37.1 Å². The summed E-state index contributed by atoms with van der Waals surface area (Å²) in [5.74, 6) is 1.32. The Labute approximate surface area is 107 Å². The minimum absolute atomic E-state index is 0.0541. The molecule has 1 aliphatic rings. The van der Waals surface area contributed by atoms with Gasteiger partial charge in [-0.1, -0.05) is 12.1 Å². The van der Waals surface area contributed by atoms with Gasteiger partial charge in [-0.3, -0.25) is 4.79 Å². The maximum absolute atomic E-state index is 12.1. The Hall–Kier alpha value is -1.71. The van der Waals surface area contributed by atoms with E-state index in [4.69, 9.17) is 9.47 Å². The fraction of sp³-hybridized carbons (Fsp3) is 0.500. The van der Waals surface area contributed by atoms with Crippen LogP contribution in [0.4, 0.5) is 0 Å². The monoisotopic (exact) mass is 249 g/mol. The second kappa shape index (κ2) is 5.76. The molecule has 1 amide bonds. The quantitative estimate of drug-likeness (QED) is 0.820. The van der Waals surface area contributed by atoms with Crippen molar-refractivity contribution in [2.24, 2.45) is 0 Å². The first-order valence-electron chi connectivity index (χ1n) is 6.31. The number of hydrogen-bond acceptors (Lipinski definition) is 3. The first-order chi connectivity index (χ1) is 8.72. The minimum atomic E-state index is -0.473. The van der Waals surface area contributed by atoms with E-state index in [1.165, 1.54) is 0 Å². The second-order valence-corrected chi connectivity index (χ2v) is 4.44. The van der Waals surface area contributed by atoms with Gasteiger partial charge in [0.1, 0.15) is 0 Å². The van der Waals surface area contributed by atoms with Gasteiger partial charge in [0.2, 0.25) is 0 Å². The Bertz CT molecular complexity index is 413. The lowest BCUT2D eigenvalue weighted by molar-refractivity contribution is -0.136. The van der Waals surface area contributed by atoms with Crippen molar-refractivity contribution in [1.29, 1.82) is 0 Å². The molecule has 1 atom stereocenters. The van der Waals surface area contributed by atoms with E-state index in [1.54, 1.807) is 14.0 Å². The molecule has 4 nitrogen and oxygen atoms in total. The Kier molecular flexibility index (Phi) is 4.07. The number of carbonyl (C=O) groups excluding carboxylic acids is 1. The molecule has 0 spiro atoms. The summed E-state index contributed by atoms with van der Waals surface area (Å²) >= 11 is 0. The maximum atomic E-state index is 12.1. The summed E-state index contributed by atoms with van der Waals surface area (Å²) < 4.78 is 10.9. The van der Waals surface area contributed by atoms with Crippen LogP contribution in [0, 0.1) is 0 Å². The fourth-order valence-electron chi connectivity index (χ4n) is 2.15. The number of likely N-dealkylation sites (tertiary alicyclic amines) is 1. The highest BCUT2D eigenvalue weighted by Gasteiger charge is 2.25. The third-order valence-electron chi connectivity index (χ3n) is 3.14. The van der Waals surface area contributed by atoms with Gasteiger partial charge >= 0.3 is 0 Å². The molecule has 0 aliphatic carbocycles. The number of ether oxygens (including phenoxy) is 2. The first-order valence-corrected chi connectivity index (χ1v) is 6.31. The highest BCUT2D eigenvalue weighted by Crippen LogP contribution is 2.27. The summed E-state index contributed by atoms with van der Waals surface area (Å²) in [7, 11) is 1.59. The van der Waals surface area contributed by atoms with E-state index in [2.05, 4.69) is 0 Å². The topological polar surface area (TPSA) is 38.8 Å². The van der Waals surface area contributed by atoms with E-state index in [-0.39, 0.29) is 5.91 Å². The molecule has 0 radical (unpaired) electrons. The van der Waals surface area contributed by atoms with Crippen molar-refractivity contribution in [1.82, 2.24) is 4.90 Å². The molecule has 1 heterocycles. The van der Waals surface area contributed by atoms with Crippen LogP contribution in [-0.2, 0) is 4.79 Å². The Morgan fingerprint density at radius 1 is 1.22 bits per heavy atom. The van der Waals surface area contributed by atoms with Crippen LogP contribution >= 0.6 is 0 Å². The summed E-state index contributed by atoms with van der Waals surface area (Å²) in [5.41, 5.74) is 0. The van der Waals surface area contributed by atoms with E-state index >= 15 is 0 Å². The van der Waals surface area contributed by atoms with Gasteiger partial charge in [-0.05, 0) is 31.9 Å². The first kappa shape index (κ1) is 12.7. The van der Waals surface area contributed by atoms with Crippen LogP contribution in [0.2, 0.25) is 0 Å². The molecule has 1 aromatic carbocycles. The van der Waals surface area contributed by atoms with Gasteiger partial charge in [-0.15, -0.1) is 0 Å². The number of nitrogens with zero attached hydrogens (tertiary/aromatic N) is 1. The van der Waals surface area contributed by atoms with Gasteiger partial charge in [0, 0.05) is 13.1 Å². The molecule has 98 valence electrons. The molecule has 18 heavy (non-hydrogen) atoms. The van der Waals surface area contributed by atoms with Crippen LogP contribution in [0.3, 0.4) is 0 Å². The van der Waals surface area contributed by atoms with Crippen molar-refractivity contribution in [3.8, 4) is 11.5 Å². The molecule has 0 bridgehead atoms. The van der Waals surface area contributed by atoms with Gasteiger partial charge in [-0.25, -0.2) is 0 Å². The lowest BCUT2D eigenvalue weighted by Gasteiger charge is -2.21. The lowest BCUT2D eigenvalue weighted by Crippen LogP contribution is -2.38. The van der Waals surface area contributed by atoms with Crippen molar-refractivity contribution in [3.63, 3.8) is 0 Å². The molecule has 0 saturated carbocycles. The van der Waals surface area contributed by atoms with Gasteiger partial charge < -0.3 is 14.4 Å². The fourth-order valence-corrected chi connectivity index (χ4v) is 2.15. The van der Waals surface area contributed by atoms with Crippen LogP contribution < -0.4 is 9.47 Å². The normalized spacial score (nSPS) is 16.4. The molecule has 0 unspecified atom stereocenters. The van der Waals surface area contributed by atoms with Crippen molar-refractivity contribution >= 4 is 5.91 Å². The SMILES string of the molecule is COc1ccccc1O[C@H](C)C(=O)N1CCCC1. The van der Waals surface area contributed by atoms with Gasteiger partial charge in [0.05, 0.1) is 7.11 Å². The Balaban J connectivity index is 2.01. The number of amides is 1. The summed E-state index contributed by atoms with van der Waals surface area (Å²) in [6, 6.07) is 7.37. The number of hydrogen-bond donors (Lipinski definition) is 0. The van der Waals surface area contributed by atoms with Crippen LogP contribution in [0.1, 0.15) is 19.8 Å². The van der Waals surface area contributed by atoms with Gasteiger partial charge in [0.15, 0.2) is 17.6 Å². The molecular formula is C14H19NO3. The van der Waals surface area contributed by atoms with Crippen molar-refractivity contribution in [2.75, 3.05) is 20.2 Å². The van der Waals surface area contributed by atoms with E-state index in [9.17, 15) is 4.79 Å². The average Bonchev–Trinajstić information content (AvgIpc) is 2.92. The predicted octanol–water partition coefficient (Wildman–Crippen LogP) is 2.08. The van der Waals surface area contributed by atoms with Crippen LogP contribution in [0.5, 0.6) is 11.5 Å². The second-order valence-electron chi connectivity index (χ2n) is 4.44. The van der Waals surface area contributed by atoms with Crippen molar-refractivity contribution < 1.29 is 14.3 Å². The molecule has 1 aromatic rings. The van der Waals surface area contributed by atoms with Gasteiger partial charge in [0.25, 0.3) is 5.91 Å². The molecular weight excluding hydrogens is 230 g/mol. The number of rotatable bonds is 4. The molecule has 0 aromatic heterocycles. The van der Waals surface area contributed by atoms with Crippen molar-refractivity contribution in [3.05, 3.63) is 24.3 Å². The zero-order valence-corrected chi connectivity index (χ0v) is 10.9. The zero-order chi connectivity index (χ0) is 13.0. The summed E-state index contributed by atoms with van der Waals surface area (Å²) in [6.07, 6.45) is 1.71. The molecule has 1 saturated heterocycles. The van der Waals surface area contributed by atoms with E-state index in [1.807, 2.05) is 29.2 Å². The molecule has 1 fully saturated rings. The number of para-hydroxylation sites is 2. The zero-order valence-electron chi connectivity index (χ0n) is 10.9. The van der Waals surface area contributed by atoms with E-state index < -0.39 is 6.10 Å². The van der Waals surface area contributed by atoms with E-state index in [0.717, 1.165) is 25.9 Å². The maximum Gasteiger partial charge on any atom is 0.263 e. The number of carbonyl (C=O) groups is 1. The smallest absolute Gasteiger partial charge is 0.263 e. The average molecular weight is 249 g/mol.